The molecular weight excluding hydrogens is 420 g/mol. The number of carboxylic acid groups (broad SMARTS) is 1. The Morgan fingerprint density at radius 3 is 2.88 bits per heavy atom. The number of carboxylic acids is 1. The topological polar surface area (TPSA) is 110 Å². The number of carbonyl (C=O) groups is 1. The normalized spacial score (nSPS) is 15.3. The third-order valence-corrected chi connectivity index (χ3v) is 6.32. The first-order valence-corrected chi connectivity index (χ1v) is 11.7. The average molecular weight is 449 g/mol. The van der Waals surface area contributed by atoms with E-state index < -0.39 is 5.97 Å². The molecule has 4 heterocycles. The molecule has 0 fully saturated rings. The number of hydrogen-bond acceptors (Lipinski definition) is 7. The SMILES string of the molecule is O=C(O)CC(Cc1nnc(CCCc2ccc3c(n2)NCCC3)o1)c1ccc2c(c1)OCC2. The molecule has 0 aliphatic carbocycles. The van der Waals surface area contributed by atoms with E-state index in [2.05, 4.69) is 27.6 Å². The fourth-order valence-electron chi connectivity index (χ4n) is 4.57. The lowest BCUT2D eigenvalue weighted by atomic mass is 9.91. The van der Waals surface area contributed by atoms with Crippen molar-refractivity contribution in [2.45, 2.75) is 57.3 Å². The number of fused-ring (bicyclic) bond motifs is 2. The van der Waals surface area contributed by atoms with Crippen molar-refractivity contribution in [2.75, 3.05) is 18.5 Å². The average Bonchev–Trinajstić information content (AvgIpc) is 3.47. The van der Waals surface area contributed by atoms with Gasteiger partial charge < -0.3 is 19.6 Å². The minimum atomic E-state index is -0.854. The number of rotatable bonds is 9. The summed E-state index contributed by atoms with van der Waals surface area (Å²) in [5.41, 5.74) is 4.43. The summed E-state index contributed by atoms with van der Waals surface area (Å²) in [4.78, 5) is 16.2. The second-order valence-corrected chi connectivity index (χ2v) is 8.75. The zero-order valence-electron chi connectivity index (χ0n) is 18.5. The van der Waals surface area contributed by atoms with Crippen LogP contribution >= 0.6 is 0 Å². The summed E-state index contributed by atoms with van der Waals surface area (Å²) in [5.74, 6) is 1.80. The lowest BCUT2D eigenvalue weighted by Gasteiger charge is -2.17. The van der Waals surface area contributed by atoms with Crippen molar-refractivity contribution >= 4 is 11.8 Å². The van der Waals surface area contributed by atoms with E-state index in [1.807, 2.05) is 18.2 Å². The van der Waals surface area contributed by atoms with Crippen molar-refractivity contribution in [2.24, 2.45) is 0 Å². The van der Waals surface area contributed by atoms with Crippen LogP contribution in [0.4, 0.5) is 5.82 Å². The van der Waals surface area contributed by atoms with Gasteiger partial charge in [-0.3, -0.25) is 4.79 Å². The van der Waals surface area contributed by atoms with Crippen LogP contribution in [0.2, 0.25) is 0 Å². The van der Waals surface area contributed by atoms with Crippen molar-refractivity contribution in [3.8, 4) is 5.75 Å². The fourth-order valence-corrected chi connectivity index (χ4v) is 4.57. The molecule has 1 atom stereocenters. The van der Waals surface area contributed by atoms with Gasteiger partial charge in [0.1, 0.15) is 11.6 Å². The van der Waals surface area contributed by atoms with Gasteiger partial charge in [0.2, 0.25) is 11.8 Å². The summed E-state index contributed by atoms with van der Waals surface area (Å²) >= 11 is 0. The van der Waals surface area contributed by atoms with Gasteiger partial charge in [-0.1, -0.05) is 18.2 Å². The minimum Gasteiger partial charge on any atom is -0.493 e. The third-order valence-electron chi connectivity index (χ3n) is 6.32. The third kappa shape index (κ3) is 5.16. The number of nitrogens with zero attached hydrogens (tertiary/aromatic N) is 3. The molecule has 0 amide bonds. The van der Waals surface area contributed by atoms with Crippen LogP contribution in [0.3, 0.4) is 0 Å². The van der Waals surface area contributed by atoms with Gasteiger partial charge in [0.15, 0.2) is 0 Å². The summed E-state index contributed by atoms with van der Waals surface area (Å²) in [5, 5.41) is 21.1. The maximum absolute atomic E-state index is 11.5. The Bertz CT molecular complexity index is 1140. The molecule has 0 spiro atoms. The van der Waals surface area contributed by atoms with Gasteiger partial charge >= 0.3 is 5.97 Å². The highest BCUT2D eigenvalue weighted by molar-refractivity contribution is 5.68. The highest BCUT2D eigenvalue weighted by Crippen LogP contribution is 2.32. The summed E-state index contributed by atoms with van der Waals surface area (Å²) < 4.78 is 11.5. The highest BCUT2D eigenvalue weighted by atomic mass is 16.5. The molecule has 8 heteroatoms. The van der Waals surface area contributed by atoms with Crippen LogP contribution < -0.4 is 10.1 Å². The number of aryl methyl sites for hydroxylation is 3. The summed E-state index contributed by atoms with van der Waals surface area (Å²) in [6, 6.07) is 10.2. The minimum absolute atomic E-state index is 0.00542. The number of aliphatic carboxylic acids is 1. The number of benzene rings is 1. The van der Waals surface area contributed by atoms with E-state index in [0.717, 1.165) is 67.0 Å². The molecule has 5 rings (SSSR count). The molecular formula is C25H28N4O4. The first-order valence-electron chi connectivity index (χ1n) is 11.7. The van der Waals surface area contributed by atoms with Gasteiger partial charge in [0.25, 0.3) is 0 Å². The van der Waals surface area contributed by atoms with E-state index in [4.69, 9.17) is 14.1 Å². The zero-order valence-corrected chi connectivity index (χ0v) is 18.5. The molecule has 2 aliphatic heterocycles. The van der Waals surface area contributed by atoms with E-state index >= 15 is 0 Å². The van der Waals surface area contributed by atoms with E-state index in [1.54, 1.807) is 0 Å². The van der Waals surface area contributed by atoms with Gasteiger partial charge in [-0.15, -0.1) is 10.2 Å². The van der Waals surface area contributed by atoms with Crippen molar-refractivity contribution in [1.82, 2.24) is 15.2 Å². The van der Waals surface area contributed by atoms with Crippen LogP contribution in [0.5, 0.6) is 5.75 Å². The highest BCUT2D eigenvalue weighted by Gasteiger charge is 2.22. The van der Waals surface area contributed by atoms with Crippen LogP contribution in [0, 0.1) is 0 Å². The van der Waals surface area contributed by atoms with Gasteiger partial charge in [-0.25, -0.2) is 4.98 Å². The Labute approximate surface area is 192 Å². The van der Waals surface area contributed by atoms with Crippen molar-refractivity contribution in [1.29, 1.82) is 0 Å². The maximum atomic E-state index is 11.5. The van der Waals surface area contributed by atoms with Crippen LogP contribution in [-0.2, 0) is 36.9 Å². The Balaban J connectivity index is 1.19. The quantitative estimate of drug-likeness (QED) is 0.509. The predicted octanol–water partition coefficient (Wildman–Crippen LogP) is 3.73. The van der Waals surface area contributed by atoms with Crippen LogP contribution in [0.25, 0.3) is 0 Å². The lowest BCUT2D eigenvalue weighted by Crippen LogP contribution is -2.14. The summed E-state index contributed by atoms with van der Waals surface area (Å²) in [7, 11) is 0. The van der Waals surface area contributed by atoms with Gasteiger partial charge in [-0.2, -0.15) is 0 Å². The van der Waals surface area contributed by atoms with Crippen molar-refractivity contribution in [3.05, 3.63) is 64.5 Å². The number of hydrogen-bond donors (Lipinski definition) is 2. The molecule has 8 nitrogen and oxygen atoms in total. The Morgan fingerprint density at radius 1 is 1.09 bits per heavy atom. The molecule has 1 unspecified atom stereocenters. The molecule has 2 N–H and O–H groups in total. The number of pyridine rings is 1. The molecule has 0 radical (unpaired) electrons. The largest absolute Gasteiger partial charge is 0.493 e. The molecule has 0 bridgehead atoms. The Hall–Kier alpha value is -3.42. The molecule has 33 heavy (non-hydrogen) atoms. The van der Waals surface area contributed by atoms with Gasteiger partial charge in [0.05, 0.1) is 13.0 Å². The second kappa shape index (κ2) is 9.60. The fraction of sp³-hybridized carbons (Fsp3) is 0.440. The van der Waals surface area contributed by atoms with Crippen LogP contribution in [0.1, 0.15) is 59.3 Å². The summed E-state index contributed by atoms with van der Waals surface area (Å²) in [6.45, 7) is 1.66. The number of aromatic nitrogens is 3. The van der Waals surface area contributed by atoms with E-state index in [-0.39, 0.29) is 12.3 Å². The van der Waals surface area contributed by atoms with Crippen LogP contribution in [0.15, 0.2) is 34.7 Å². The first kappa shape index (κ1) is 21.4. The smallest absolute Gasteiger partial charge is 0.303 e. The molecule has 2 aromatic heterocycles. The Kier molecular flexibility index (Phi) is 6.24. The molecule has 3 aromatic rings. The van der Waals surface area contributed by atoms with E-state index in [9.17, 15) is 9.90 Å². The molecule has 2 aliphatic rings. The van der Waals surface area contributed by atoms with E-state index in [0.29, 0.717) is 31.2 Å². The Morgan fingerprint density at radius 2 is 1.97 bits per heavy atom. The second-order valence-electron chi connectivity index (χ2n) is 8.75. The molecule has 1 aromatic carbocycles. The first-order chi connectivity index (χ1) is 16.1. The van der Waals surface area contributed by atoms with Crippen LogP contribution in [-0.4, -0.2) is 39.4 Å². The van der Waals surface area contributed by atoms with Gasteiger partial charge in [-0.05, 0) is 54.5 Å². The monoisotopic (exact) mass is 448 g/mol. The predicted molar refractivity (Wildman–Crippen MR) is 122 cm³/mol. The maximum Gasteiger partial charge on any atom is 0.303 e. The van der Waals surface area contributed by atoms with Crippen molar-refractivity contribution < 1.29 is 19.1 Å². The van der Waals surface area contributed by atoms with E-state index in [1.165, 1.54) is 5.56 Å². The zero-order chi connectivity index (χ0) is 22.6. The standard InChI is InChI=1S/C25H28N4O4/c30-24(31)15-19(18-7-6-16-10-12-32-21(16)13-18)14-23-29-28-22(33-23)5-1-4-20-9-8-17-3-2-11-26-25(17)27-20/h6-9,13,19H,1-5,10-12,14-15H2,(H,26,27)(H,30,31). The lowest BCUT2D eigenvalue weighted by molar-refractivity contribution is -0.137. The molecule has 0 saturated heterocycles. The van der Waals surface area contributed by atoms with Crippen molar-refractivity contribution in [3.63, 3.8) is 0 Å². The number of ether oxygens (including phenoxy) is 1. The molecule has 0 saturated carbocycles. The number of anilines is 1. The number of nitrogens with one attached hydrogen (secondary N) is 1. The van der Waals surface area contributed by atoms with Gasteiger partial charge in [0, 0.05) is 37.4 Å². The summed E-state index contributed by atoms with van der Waals surface area (Å²) in [6.07, 6.45) is 5.87. The molecule has 172 valence electrons.